The molecule has 0 fully saturated rings. The minimum Gasteiger partial charge on any atom is -0.478 e. The molecule has 0 saturated carbocycles. The Bertz CT molecular complexity index is 800. The highest BCUT2D eigenvalue weighted by Gasteiger charge is 2.33. The SMILES string of the molecule is CS(=O)(=O)CC1=Cc2c(C(=O)O)cccc2S1(=O)=O. The summed E-state index contributed by atoms with van der Waals surface area (Å²) in [7, 11) is -7.44. The van der Waals surface area contributed by atoms with E-state index in [1.807, 2.05) is 0 Å². The minimum absolute atomic E-state index is 0.0358. The van der Waals surface area contributed by atoms with Gasteiger partial charge in [-0.1, -0.05) is 6.07 Å². The van der Waals surface area contributed by atoms with Crippen LogP contribution < -0.4 is 0 Å². The van der Waals surface area contributed by atoms with E-state index in [2.05, 4.69) is 0 Å². The second-order valence-electron chi connectivity index (χ2n) is 4.21. The number of benzene rings is 1. The molecule has 8 heteroatoms. The molecule has 2 rings (SSSR count). The molecule has 0 radical (unpaired) electrons. The van der Waals surface area contributed by atoms with Gasteiger partial charge in [-0.15, -0.1) is 0 Å². The van der Waals surface area contributed by atoms with Crippen LogP contribution in [-0.2, 0) is 19.7 Å². The highest BCUT2D eigenvalue weighted by Crippen LogP contribution is 2.35. The van der Waals surface area contributed by atoms with Crippen molar-refractivity contribution in [1.29, 1.82) is 0 Å². The Morgan fingerprint density at radius 3 is 2.47 bits per heavy atom. The summed E-state index contributed by atoms with van der Waals surface area (Å²) in [6.45, 7) is 0. The Kier molecular flexibility index (Phi) is 3.02. The maximum absolute atomic E-state index is 12.1. The van der Waals surface area contributed by atoms with Gasteiger partial charge in [0.1, 0.15) is 0 Å². The van der Waals surface area contributed by atoms with Crippen LogP contribution in [-0.4, -0.2) is 39.9 Å². The van der Waals surface area contributed by atoms with Crippen molar-refractivity contribution >= 4 is 31.7 Å². The zero-order chi connectivity index (χ0) is 14.4. The largest absolute Gasteiger partial charge is 0.478 e. The zero-order valence-corrected chi connectivity index (χ0v) is 11.5. The van der Waals surface area contributed by atoms with E-state index in [-0.39, 0.29) is 20.9 Å². The average Bonchev–Trinajstić information content (AvgIpc) is 2.48. The molecule has 0 saturated heterocycles. The number of hydrogen-bond donors (Lipinski definition) is 1. The van der Waals surface area contributed by atoms with E-state index in [0.717, 1.165) is 12.3 Å². The lowest BCUT2D eigenvalue weighted by Crippen LogP contribution is -2.11. The van der Waals surface area contributed by atoms with E-state index in [4.69, 9.17) is 5.11 Å². The number of carbonyl (C=O) groups is 1. The Hall–Kier alpha value is -1.67. The Labute approximate surface area is 110 Å². The van der Waals surface area contributed by atoms with Crippen LogP contribution in [0, 0.1) is 0 Å². The fraction of sp³-hybridized carbons (Fsp3) is 0.182. The first-order valence-electron chi connectivity index (χ1n) is 5.12. The van der Waals surface area contributed by atoms with E-state index in [9.17, 15) is 21.6 Å². The number of rotatable bonds is 3. The molecule has 1 N–H and O–H groups in total. The molecule has 0 bridgehead atoms. The van der Waals surface area contributed by atoms with Crippen LogP contribution in [0.25, 0.3) is 6.08 Å². The molecular formula is C11H10O6S2. The first-order valence-corrected chi connectivity index (χ1v) is 8.67. The van der Waals surface area contributed by atoms with Gasteiger partial charge in [0.2, 0.25) is 9.84 Å². The van der Waals surface area contributed by atoms with Crippen molar-refractivity contribution in [1.82, 2.24) is 0 Å². The third kappa shape index (κ3) is 2.41. The van der Waals surface area contributed by atoms with Gasteiger partial charge in [-0.2, -0.15) is 0 Å². The van der Waals surface area contributed by atoms with E-state index in [1.165, 1.54) is 18.2 Å². The highest BCUT2D eigenvalue weighted by molar-refractivity contribution is 7.98. The summed E-state index contributed by atoms with van der Waals surface area (Å²) in [6, 6.07) is 3.86. The minimum atomic E-state index is -3.92. The number of hydrogen-bond acceptors (Lipinski definition) is 5. The van der Waals surface area contributed by atoms with Crippen LogP contribution in [0.15, 0.2) is 28.0 Å². The van der Waals surface area contributed by atoms with Crippen molar-refractivity contribution in [3.05, 3.63) is 34.2 Å². The predicted octanol–water partition coefficient (Wildman–Crippen LogP) is 0.558. The van der Waals surface area contributed by atoms with Crippen molar-refractivity contribution < 1.29 is 26.7 Å². The molecule has 0 spiro atoms. The molecule has 0 unspecified atom stereocenters. The molecule has 1 aromatic carbocycles. The molecule has 0 aliphatic carbocycles. The van der Waals surface area contributed by atoms with Gasteiger partial charge in [0.15, 0.2) is 9.84 Å². The van der Waals surface area contributed by atoms with E-state index in [1.54, 1.807) is 0 Å². The number of carboxylic acid groups (broad SMARTS) is 1. The van der Waals surface area contributed by atoms with Gasteiger partial charge in [-0.3, -0.25) is 0 Å². The van der Waals surface area contributed by atoms with Crippen molar-refractivity contribution in [3.8, 4) is 0 Å². The average molecular weight is 302 g/mol. The molecule has 1 aliphatic heterocycles. The zero-order valence-electron chi connectivity index (χ0n) is 9.82. The third-order valence-electron chi connectivity index (χ3n) is 2.64. The molecule has 102 valence electrons. The Morgan fingerprint density at radius 1 is 1.32 bits per heavy atom. The van der Waals surface area contributed by atoms with Crippen LogP contribution in [0.1, 0.15) is 15.9 Å². The van der Waals surface area contributed by atoms with Gasteiger partial charge < -0.3 is 5.11 Å². The van der Waals surface area contributed by atoms with Crippen molar-refractivity contribution in [2.75, 3.05) is 12.0 Å². The number of aromatic carboxylic acids is 1. The summed E-state index contributed by atoms with van der Waals surface area (Å²) in [5, 5.41) is 9.00. The number of sulfone groups is 2. The van der Waals surface area contributed by atoms with Gasteiger partial charge in [-0.05, 0) is 18.2 Å². The van der Waals surface area contributed by atoms with Crippen LogP contribution in [0.4, 0.5) is 0 Å². The van der Waals surface area contributed by atoms with Crippen molar-refractivity contribution in [2.45, 2.75) is 4.90 Å². The summed E-state index contributed by atoms with van der Waals surface area (Å²) >= 11 is 0. The quantitative estimate of drug-likeness (QED) is 0.874. The molecule has 0 aromatic heterocycles. The first kappa shape index (κ1) is 13.8. The molecule has 19 heavy (non-hydrogen) atoms. The van der Waals surface area contributed by atoms with Crippen LogP contribution in [0.5, 0.6) is 0 Å². The van der Waals surface area contributed by atoms with E-state index in [0.29, 0.717) is 0 Å². The summed E-state index contributed by atoms with van der Waals surface area (Å²) < 4.78 is 46.7. The van der Waals surface area contributed by atoms with Gasteiger partial charge in [0.25, 0.3) is 0 Å². The lowest BCUT2D eigenvalue weighted by Gasteiger charge is -2.03. The second kappa shape index (κ2) is 4.17. The topological polar surface area (TPSA) is 106 Å². The maximum atomic E-state index is 12.1. The fourth-order valence-electron chi connectivity index (χ4n) is 1.87. The van der Waals surface area contributed by atoms with E-state index < -0.39 is 31.4 Å². The molecule has 1 aliphatic rings. The number of carboxylic acids is 1. The lowest BCUT2D eigenvalue weighted by atomic mass is 10.1. The highest BCUT2D eigenvalue weighted by atomic mass is 32.2. The molecule has 1 aromatic rings. The molecule has 1 heterocycles. The lowest BCUT2D eigenvalue weighted by molar-refractivity contribution is 0.0696. The van der Waals surface area contributed by atoms with Gasteiger partial charge >= 0.3 is 5.97 Å². The summed E-state index contributed by atoms with van der Waals surface area (Å²) in [5.41, 5.74) is -0.127. The monoisotopic (exact) mass is 302 g/mol. The van der Waals surface area contributed by atoms with Gasteiger partial charge in [0.05, 0.1) is 21.1 Å². The van der Waals surface area contributed by atoms with Crippen molar-refractivity contribution in [3.63, 3.8) is 0 Å². The standard InChI is InChI=1S/C11H10O6S2/c1-18(14,15)6-7-5-9-8(11(12)13)3-2-4-10(9)19(7,16)17/h2-5H,6H2,1H3,(H,12,13). The second-order valence-corrected chi connectivity index (χ2v) is 8.32. The Balaban J connectivity index is 2.68. The fourth-order valence-corrected chi connectivity index (χ4v) is 5.01. The van der Waals surface area contributed by atoms with Crippen molar-refractivity contribution in [2.24, 2.45) is 0 Å². The van der Waals surface area contributed by atoms with Gasteiger partial charge in [0, 0.05) is 11.8 Å². The summed E-state index contributed by atoms with van der Waals surface area (Å²) in [5.74, 6) is -1.90. The molecule has 0 amide bonds. The maximum Gasteiger partial charge on any atom is 0.336 e. The predicted molar refractivity (Wildman–Crippen MR) is 68.3 cm³/mol. The van der Waals surface area contributed by atoms with Crippen LogP contribution in [0.2, 0.25) is 0 Å². The van der Waals surface area contributed by atoms with Crippen LogP contribution >= 0.6 is 0 Å². The molecule has 0 atom stereocenters. The third-order valence-corrected chi connectivity index (χ3v) is 5.55. The van der Waals surface area contributed by atoms with Gasteiger partial charge in [-0.25, -0.2) is 21.6 Å². The molecule has 6 nitrogen and oxygen atoms in total. The first-order chi connectivity index (χ1) is 8.63. The smallest absolute Gasteiger partial charge is 0.336 e. The summed E-state index contributed by atoms with van der Waals surface area (Å²) in [6.07, 6.45) is 2.04. The Morgan fingerprint density at radius 2 is 1.95 bits per heavy atom. The summed E-state index contributed by atoms with van der Waals surface area (Å²) in [4.78, 5) is 10.6. The van der Waals surface area contributed by atoms with E-state index >= 15 is 0 Å². The normalized spacial score (nSPS) is 16.8. The molecular weight excluding hydrogens is 292 g/mol. The number of fused-ring (bicyclic) bond motifs is 1. The van der Waals surface area contributed by atoms with Crippen LogP contribution in [0.3, 0.4) is 0 Å².